The van der Waals surface area contributed by atoms with Crippen molar-refractivity contribution < 1.29 is 21.6 Å². The molecule has 0 aromatic heterocycles. The van der Waals surface area contributed by atoms with Gasteiger partial charge >= 0.3 is 0 Å². The third kappa shape index (κ3) is 5.82. The predicted molar refractivity (Wildman–Crippen MR) is 117 cm³/mol. The van der Waals surface area contributed by atoms with Gasteiger partial charge in [-0.1, -0.05) is 43.7 Å². The lowest BCUT2D eigenvalue weighted by Gasteiger charge is -2.36. The molecule has 0 saturated carbocycles. The maximum absolute atomic E-state index is 13.2. The van der Waals surface area contributed by atoms with Crippen LogP contribution in [0.2, 0.25) is 0 Å². The number of nitrogens with zero attached hydrogens (tertiary/aromatic N) is 2. The van der Waals surface area contributed by atoms with Crippen molar-refractivity contribution in [3.05, 3.63) is 35.9 Å². The first kappa shape index (κ1) is 23.2. The van der Waals surface area contributed by atoms with Crippen LogP contribution in [0.3, 0.4) is 0 Å². The van der Waals surface area contributed by atoms with Crippen LogP contribution in [-0.2, 0) is 30.4 Å². The van der Waals surface area contributed by atoms with Crippen LogP contribution < -0.4 is 0 Å². The van der Waals surface area contributed by atoms with Gasteiger partial charge in [0.2, 0.25) is 15.9 Å². The fraction of sp³-hybridized carbons (Fsp3) is 0.667. The number of benzene rings is 1. The van der Waals surface area contributed by atoms with Crippen molar-refractivity contribution in [3.8, 4) is 0 Å². The van der Waals surface area contributed by atoms with Crippen molar-refractivity contribution >= 4 is 25.8 Å². The summed E-state index contributed by atoms with van der Waals surface area (Å²) in [6.45, 7) is 3.28. The van der Waals surface area contributed by atoms with E-state index in [4.69, 9.17) is 0 Å². The summed E-state index contributed by atoms with van der Waals surface area (Å²) in [5, 5.41) is 0. The van der Waals surface area contributed by atoms with Gasteiger partial charge in [0.05, 0.1) is 17.3 Å². The van der Waals surface area contributed by atoms with E-state index in [9.17, 15) is 21.6 Å². The Labute approximate surface area is 180 Å². The van der Waals surface area contributed by atoms with Crippen LogP contribution in [0.1, 0.15) is 44.6 Å². The van der Waals surface area contributed by atoms with Gasteiger partial charge in [0.25, 0.3) is 0 Å². The Morgan fingerprint density at radius 1 is 1.13 bits per heavy atom. The lowest BCUT2D eigenvalue weighted by atomic mass is 9.95. The van der Waals surface area contributed by atoms with Crippen LogP contribution in [0, 0.1) is 5.92 Å². The van der Waals surface area contributed by atoms with E-state index in [0.29, 0.717) is 38.9 Å². The largest absolute Gasteiger partial charge is 0.338 e. The molecule has 9 heteroatoms. The molecule has 1 atom stereocenters. The van der Waals surface area contributed by atoms with E-state index in [-0.39, 0.29) is 35.1 Å². The molecular weight excluding hydrogens is 424 g/mol. The summed E-state index contributed by atoms with van der Waals surface area (Å²) < 4.78 is 50.8. The highest BCUT2D eigenvalue weighted by molar-refractivity contribution is 7.91. The average Bonchev–Trinajstić information content (AvgIpc) is 3.08. The molecule has 168 valence electrons. The second-order valence-corrected chi connectivity index (χ2v) is 12.6. The molecule has 3 rings (SSSR count). The highest BCUT2D eigenvalue weighted by atomic mass is 32.2. The number of carbonyl (C=O) groups excluding carboxylic acids is 1. The van der Waals surface area contributed by atoms with E-state index in [1.54, 1.807) is 17.0 Å². The normalized spacial score (nSPS) is 22.8. The van der Waals surface area contributed by atoms with Crippen LogP contribution in [0.15, 0.2) is 30.3 Å². The Balaban J connectivity index is 1.61. The van der Waals surface area contributed by atoms with Crippen molar-refractivity contribution in [2.24, 2.45) is 5.92 Å². The number of amides is 1. The first-order valence-corrected chi connectivity index (χ1v) is 14.2. The first-order valence-electron chi connectivity index (χ1n) is 10.7. The van der Waals surface area contributed by atoms with Crippen molar-refractivity contribution in [1.29, 1.82) is 0 Å². The molecule has 1 unspecified atom stereocenters. The second-order valence-electron chi connectivity index (χ2n) is 8.36. The molecule has 1 aromatic rings. The lowest BCUT2D eigenvalue weighted by Crippen LogP contribution is -2.48. The molecule has 2 fully saturated rings. The molecule has 2 heterocycles. The summed E-state index contributed by atoms with van der Waals surface area (Å²) in [5.41, 5.74) is 0.754. The maximum Gasteiger partial charge on any atom is 0.226 e. The Kier molecular flexibility index (Phi) is 7.57. The van der Waals surface area contributed by atoms with Gasteiger partial charge in [-0.15, -0.1) is 0 Å². The topological polar surface area (TPSA) is 91.8 Å². The van der Waals surface area contributed by atoms with Gasteiger partial charge in [-0.25, -0.2) is 21.1 Å². The average molecular weight is 457 g/mol. The van der Waals surface area contributed by atoms with Gasteiger partial charge in [0.15, 0.2) is 9.84 Å². The quantitative estimate of drug-likeness (QED) is 0.597. The van der Waals surface area contributed by atoms with Crippen LogP contribution in [0.25, 0.3) is 0 Å². The number of piperidine rings is 1. The van der Waals surface area contributed by atoms with Gasteiger partial charge < -0.3 is 4.90 Å². The molecule has 1 amide bonds. The number of sulfonamides is 1. The zero-order chi connectivity index (χ0) is 21.8. The summed E-state index contributed by atoms with van der Waals surface area (Å²) >= 11 is 0. The fourth-order valence-corrected chi connectivity index (χ4v) is 7.61. The lowest BCUT2D eigenvalue weighted by molar-refractivity contribution is -0.138. The summed E-state index contributed by atoms with van der Waals surface area (Å²) in [7, 11) is -6.49. The highest BCUT2D eigenvalue weighted by Gasteiger charge is 2.38. The Bertz CT molecular complexity index is 923. The molecule has 1 aromatic carbocycles. The number of hydrogen-bond donors (Lipinski definition) is 0. The Hall–Kier alpha value is -1.45. The fourth-order valence-electron chi connectivity index (χ4n) is 4.31. The van der Waals surface area contributed by atoms with Gasteiger partial charge in [0.1, 0.15) is 0 Å². The van der Waals surface area contributed by atoms with Crippen LogP contribution in [0.4, 0.5) is 0 Å². The molecule has 2 aliphatic rings. The molecule has 0 spiro atoms. The van der Waals surface area contributed by atoms with E-state index >= 15 is 0 Å². The molecule has 2 saturated heterocycles. The van der Waals surface area contributed by atoms with E-state index in [1.807, 2.05) is 25.1 Å². The molecule has 30 heavy (non-hydrogen) atoms. The molecule has 0 bridgehead atoms. The van der Waals surface area contributed by atoms with Crippen LogP contribution in [0.5, 0.6) is 0 Å². The highest BCUT2D eigenvalue weighted by Crippen LogP contribution is 2.27. The van der Waals surface area contributed by atoms with Crippen molar-refractivity contribution in [2.75, 3.05) is 31.1 Å². The maximum atomic E-state index is 13.2. The minimum absolute atomic E-state index is 0.00865. The minimum Gasteiger partial charge on any atom is -0.338 e. The summed E-state index contributed by atoms with van der Waals surface area (Å²) in [6.07, 6.45) is 3.23. The SMILES string of the molecule is CCCCN(C(=O)C1CCN(S(=O)(=O)Cc2ccccc2)CC1)C1CCS(=O)(=O)C1. The smallest absolute Gasteiger partial charge is 0.226 e. The molecule has 0 radical (unpaired) electrons. The van der Waals surface area contributed by atoms with Crippen molar-refractivity contribution in [3.63, 3.8) is 0 Å². The molecule has 7 nitrogen and oxygen atoms in total. The third-order valence-corrected chi connectivity index (χ3v) is 9.67. The number of sulfone groups is 1. The summed E-state index contributed by atoms with van der Waals surface area (Å²) in [4.78, 5) is 15.0. The summed E-state index contributed by atoms with van der Waals surface area (Å²) in [6, 6.07) is 8.86. The zero-order valence-electron chi connectivity index (χ0n) is 17.6. The van der Waals surface area contributed by atoms with Gasteiger partial charge in [-0.2, -0.15) is 0 Å². The Morgan fingerprint density at radius 3 is 2.37 bits per heavy atom. The monoisotopic (exact) mass is 456 g/mol. The van der Waals surface area contributed by atoms with E-state index < -0.39 is 19.9 Å². The van der Waals surface area contributed by atoms with Crippen LogP contribution in [-0.4, -0.2) is 69.1 Å². The zero-order valence-corrected chi connectivity index (χ0v) is 19.2. The van der Waals surface area contributed by atoms with E-state index in [1.165, 1.54) is 4.31 Å². The standard InChI is InChI=1S/C21H32N2O5S2/c1-2-3-12-23(20-11-15-29(25,26)17-20)21(24)19-9-13-22(14-10-19)30(27,28)16-18-7-5-4-6-8-18/h4-8,19-20H,2-3,9-17H2,1H3. The first-order chi connectivity index (χ1) is 14.2. The molecular formula is C21H32N2O5S2. The predicted octanol–water partition coefficient (Wildman–Crippen LogP) is 2.04. The molecule has 0 aliphatic carbocycles. The Morgan fingerprint density at radius 2 is 1.80 bits per heavy atom. The van der Waals surface area contributed by atoms with Crippen LogP contribution >= 0.6 is 0 Å². The minimum atomic E-state index is -3.42. The molecule has 0 N–H and O–H groups in total. The van der Waals surface area contributed by atoms with Gasteiger partial charge in [-0.05, 0) is 31.2 Å². The number of rotatable bonds is 8. The van der Waals surface area contributed by atoms with Gasteiger partial charge in [0, 0.05) is 31.6 Å². The second kappa shape index (κ2) is 9.78. The van der Waals surface area contributed by atoms with E-state index in [0.717, 1.165) is 18.4 Å². The third-order valence-electron chi connectivity index (χ3n) is 6.07. The van der Waals surface area contributed by atoms with Gasteiger partial charge in [-0.3, -0.25) is 4.79 Å². The number of unbranched alkanes of at least 4 members (excludes halogenated alkanes) is 1. The van der Waals surface area contributed by atoms with E-state index in [2.05, 4.69) is 0 Å². The number of hydrogen-bond acceptors (Lipinski definition) is 5. The summed E-state index contributed by atoms with van der Waals surface area (Å²) in [5.74, 6) is -0.0927. The van der Waals surface area contributed by atoms with Crippen molar-refractivity contribution in [1.82, 2.24) is 9.21 Å². The van der Waals surface area contributed by atoms with Crippen molar-refractivity contribution in [2.45, 2.75) is 50.8 Å². The molecule has 2 aliphatic heterocycles. The number of carbonyl (C=O) groups is 1.